The number of carbonyl (C=O) groups excluding carboxylic acids is 1. The van der Waals surface area contributed by atoms with E-state index >= 15 is 0 Å². The molecule has 0 saturated carbocycles. The van der Waals surface area contributed by atoms with E-state index in [1.54, 1.807) is 4.90 Å². The first-order valence-electron chi connectivity index (χ1n) is 7.37. The Kier molecular flexibility index (Phi) is 5.98. The quantitative estimate of drug-likeness (QED) is 0.854. The van der Waals surface area contributed by atoms with Crippen molar-refractivity contribution in [2.24, 2.45) is 0 Å². The van der Waals surface area contributed by atoms with E-state index in [9.17, 15) is 4.79 Å². The summed E-state index contributed by atoms with van der Waals surface area (Å²) in [7, 11) is 3.69. The molecule has 0 radical (unpaired) electrons. The summed E-state index contributed by atoms with van der Waals surface area (Å²) < 4.78 is 5.69. The number of carbonyl (C=O) groups is 1. The molecule has 4 heteroatoms. The van der Waals surface area contributed by atoms with E-state index in [0.717, 1.165) is 17.9 Å². The van der Waals surface area contributed by atoms with Crippen molar-refractivity contribution in [3.8, 4) is 5.75 Å². The van der Waals surface area contributed by atoms with Crippen LogP contribution in [0.5, 0.6) is 5.75 Å². The lowest BCUT2D eigenvalue weighted by Crippen LogP contribution is -2.32. The van der Waals surface area contributed by atoms with Gasteiger partial charge in [-0.2, -0.15) is 0 Å². The van der Waals surface area contributed by atoms with E-state index in [-0.39, 0.29) is 5.91 Å². The highest BCUT2D eigenvalue weighted by molar-refractivity contribution is 5.94. The second-order valence-electron chi connectivity index (χ2n) is 5.13. The minimum absolute atomic E-state index is 0.0331. The summed E-state index contributed by atoms with van der Waals surface area (Å²) in [6, 6.07) is 17.3. The third-order valence-corrected chi connectivity index (χ3v) is 3.39. The van der Waals surface area contributed by atoms with Crippen LogP contribution < -0.4 is 10.1 Å². The highest BCUT2D eigenvalue weighted by Crippen LogP contribution is 2.13. The van der Waals surface area contributed by atoms with Crippen LogP contribution in [-0.2, 0) is 6.61 Å². The maximum Gasteiger partial charge on any atom is 0.253 e. The molecule has 4 nitrogen and oxygen atoms in total. The van der Waals surface area contributed by atoms with Crippen molar-refractivity contribution in [1.29, 1.82) is 0 Å². The van der Waals surface area contributed by atoms with Crippen molar-refractivity contribution >= 4 is 5.91 Å². The van der Waals surface area contributed by atoms with Crippen molar-refractivity contribution in [3.05, 3.63) is 65.7 Å². The van der Waals surface area contributed by atoms with Gasteiger partial charge in [-0.25, -0.2) is 0 Å². The molecule has 0 fully saturated rings. The Morgan fingerprint density at radius 1 is 1.09 bits per heavy atom. The molecule has 0 bridgehead atoms. The zero-order chi connectivity index (χ0) is 15.8. The molecular weight excluding hydrogens is 276 g/mol. The van der Waals surface area contributed by atoms with E-state index in [1.807, 2.05) is 68.7 Å². The van der Waals surface area contributed by atoms with E-state index in [2.05, 4.69) is 5.32 Å². The summed E-state index contributed by atoms with van der Waals surface area (Å²) in [5.41, 5.74) is 1.74. The SMILES string of the molecule is CNCCN(C)C(=O)c1ccc(COc2ccccc2)cc1. The lowest BCUT2D eigenvalue weighted by atomic mass is 10.1. The van der Waals surface area contributed by atoms with Gasteiger partial charge in [-0.3, -0.25) is 4.79 Å². The number of hydrogen-bond donors (Lipinski definition) is 1. The lowest BCUT2D eigenvalue weighted by Gasteiger charge is -2.17. The Hall–Kier alpha value is -2.33. The summed E-state index contributed by atoms with van der Waals surface area (Å²) >= 11 is 0. The molecule has 0 spiro atoms. The number of rotatable bonds is 7. The molecule has 2 aromatic carbocycles. The van der Waals surface area contributed by atoms with Gasteiger partial charge in [-0.05, 0) is 36.9 Å². The van der Waals surface area contributed by atoms with Crippen LogP contribution in [0.2, 0.25) is 0 Å². The van der Waals surface area contributed by atoms with Crippen molar-refractivity contribution < 1.29 is 9.53 Å². The molecule has 116 valence electrons. The minimum atomic E-state index is 0.0331. The van der Waals surface area contributed by atoms with Crippen LogP contribution in [0, 0.1) is 0 Å². The standard InChI is InChI=1S/C18H22N2O2/c1-19-12-13-20(2)18(21)16-10-8-15(9-11-16)14-22-17-6-4-3-5-7-17/h3-11,19H,12-14H2,1-2H3. The maximum atomic E-state index is 12.2. The summed E-state index contributed by atoms with van der Waals surface area (Å²) in [4.78, 5) is 13.9. The number of para-hydroxylation sites is 1. The van der Waals surface area contributed by atoms with Crippen LogP contribution in [0.15, 0.2) is 54.6 Å². The maximum absolute atomic E-state index is 12.2. The van der Waals surface area contributed by atoms with E-state index in [0.29, 0.717) is 18.7 Å². The van der Waals surface area contributed by atoms with Gasteiger partial charge in [0.05, 0.1) is 0 Å². The minimum Gasteiger partial charge on any atom is -0.489 e. The monoisotopic (exact) mass is 298 g/mol. The van der Waals surface area contributed by atoms with Crippen molar-refractivity contribution in [3.63, 3.8) is 0 Å². The molecule has 0 heterocycles. The number of ether oxygens (including phenoxy) is 1. The molecular formula is C18H22N2O2. The first-order valence-corrected chi connectivity index (χ1v) is 7.37. The number of nitrogens with one attached hydrogen (secondary N) is 1. The largest absolute Gasteiger partial charge is 0.489 e. The molecule has 0 aliphatic heterocycles. The first kappa shape index (κ1) is 16.0. The van der Waals surface area contributed by atoms with E-state index in [1.165, 1.54) is 0 Å². The molecule has 2 aromatic rings. The zero-order valence-corrected chi connectivity index (χ0v) is 13.1. The molecule has 0 aliphatic carbocycles. The topological polar surface area (TPSA) is 41.6 Å². The smallest absolute Gasteiger partial charge is 0.253 e. The van der Waals surface area contributed by atoms with Gasteiger partial charge >= 0.3 is 0 Å². The van der Waals surface area contributed by atoms with Crippen LogP contribution in [-0.4, -0.2) is 38.0 Å². The van der Waals surface area contributed by atoms with Gasteiger partial charge in [0.1, 0.15) is 12.4 Å². The summed E-state index contributed by atoms with van der Waals surface area (Å²) in [6.07, 6.45) is 0. The Morgan fingerprint density at radius 3 is 2.41 bits per heavy atom. The van der Waals surface area contributed by atoms with Crippen molar-refractivity contribution in [2.75, 3.05) is 27.2 Å². The van der Waals surface area contributed by atoms with Crippen LogP contribution in [0.4, 0.5) is 0 Å². The first-order chi connectivity index (χ1) is 10.7. The van der Waals surface area contributed by atoms with E-state index < -0.39 is 0 Å². The third kappa shape index (κ3) is 4.60. The van der Waals surface area contributed by atoms with Crippen LogP contribution in [0.3, 0.4) is 0 Å². The van der Waals surface area contributed by atoms with Gasteiger partial charge in [-0.15, -0.1) is 0 Å². The molecule has 0 saturated heterocycles. The fourth-order valence-electron chi connectivity index (χ4n) is 2.03. The van der Waals surface area contributed by atoms with Gasteiger partial charge in [0, 0.05) is 25.7 Å². The fourth-order valence-corrected chi connectivity index (χ4v) is 2.03. The average Bonchev–Trinajstić information content (AvgIpc) is 2.58. The highest BCUT2D eigenvalue weighted by Gasteiger charge is 2.10. The summed E-state index contributed by atoms with van der Waals surface area (Å²) in [6.45, 7) is 1.97. The fraction of sp³-hybridized carbons (Fsp3) is 0.278. The van der Waals surface area contributed by atoms with Crippen LogP contribution in [0.1, 0.15) is 15.9 Å². The molecule has 1 N–H and O–H groups in total. The third-order valence-electron chi connectivity index (χ3n) is 3.39. The van der Waals surface area contributed by atoms with Crippen molar-refractivity contribution in [1.82, 2.24) is 10.2 Å². The van der Waals surface area contributed by atoms with E-state index in [4.69, 9.17) is 4.74 Å². The molecule has 2 rings (SSSR count). The van der Waals surface area contributed by atoms with Gasteiger partial charge in [0.15, 0.2) is 0 Å². The number of nitrogens with zero attached hydrogens (tertiary/aromatic N) is 1. The van der Waals surface area contributed by atoms with Gasteiger partial charge in [0.2, 0.25) is 0 Å². The van der Waals surface area contributed by atoms with Crippen LogP contribution in [0.25, 0.3) is 0 Å². The Bertz CT molecular complexity index is 582. The number of hydrogen-bond acceptors (Lipinski definition) is 3. The molecule has 0 aromatic heterocycles. The Balaban J connectivity index is 1.91. The van der Waals surface area contributed by atoms with Gasteiger partial charge < -0.3 is 15.0 Å². The van der Waals surface area contributed by atoms with Crippen molar-refractivity contribution in [2.45, 2.75) is 6.61 Å². The molecule has 1 amide bonds. The second kappa shape index (κ2) is 8.20. The molecule has 0 atom stereocenters. The van der Waals surface area contributed by atoms with Gasteiger partial charge in [-0.1, -0.05) is 30.3 Å². The number of benzene rings is 2. The number of likely N-dealkylation sites (N-methyl/N-ethyl adjacent to an activating group) is 2. The molecule has 0 aliphatic rings. The predicted molar refractivity (Wildman–Crippen MR) is 88.1 cm³/mol. The normalized spacial score (nSPS) is 10.3. The second-order valence-corrected chi connectivity index (χ2v) is 5.13. The summed E-state index contributed by atoms with van der Waals surface area (Å²) in [5, 5.41) is 3.04. The predicted octanol–water partition coefficient (Wildman–Crippen LogP) is 2.56. The lowest BCUT2D eigenvalue weighted by molar-refractivity contribution is 0.0797. The number of amides is 1. The summed E-state index contributed by atoms with van der Waals surface area (Å²) in [5.74, 6) is 0.875. The average molecular weight is 298 g/mol. The molecule has 22 heavy (non-hydrogen) atoms. The highest BCUT2D eigenvalue weighted by atomic mass is 16.5. The Morgan fingerprint density at radius 2 is 1.77 bits per heavy atom. The molecule has 0 unspecified atom stereocenters. The Labute approximate surface area is 131 Å². The van der Waals surface area contributed by atoms with Crippen LogP contribution >= 0.6 is 0 Å². The van der Waals surface area contributed by atoms with Gasteiger partial charge in [0.25, 0.3) is 5.91 Å². The zero-order valence-electron chi connectivity index (χ0n) is 13.1.